The van der Waals surface area contributed by atoms with Crippen LogP contribution in [0.3, 0.4) is 0 Å². The number of amides is 1. The summed E-state index contributed by atoms with van der Waals surface area (Å²) in [6.07, 6.45) is 76.4. The van der Waals surface area contributed by atoms with Gasteiger partial charge in [-0.15, -0.1) is 0 Å². The highest BCUT2D eigenvalue weighted by atomic mass is 16.3. The number of allylic oxidation sites excluding steroid dienone is 8. The summed E-state index contributed by atoms with van der Waals surface area (Å²) < 4.78 is 0. The second-order valence-corrected chi connectivity index (χ2v) is 21.7. The van der Waals surface area contributed by atoms with Crippen LogP contribution in [0.25, 0.3) is 0 Å². The summed E-state index contributed by atoms with van der Waals surface area (Å²) in [4.78, 5) is 12.6. The first-order valence-corrected chi connectivity index (χ1v) is 31.5. The molecule has 0 aromatic heterocycles. The number of carbonyl (C=O) groups excluding carboxylic acids is 1. The molecule has 6 nitrogen and oxygen atoms in total. The van der Waals surface area contributed by atoms with Crippen LogP contribution in [0.5, 0.6) is 0 Å². The minimum absolute atomic E-state index is 0.360. The lowest BCUT2D eigenvalue weighted by atomic mass is 10.00. The molecule has 0 aromatic rings. The maximum atomic E-state index is 12.6. The van der Waals surface area contributed by atoms with E-state index in [2.05, 4.69) is 67.8 Å². The second-order valence-electron chi connectivity index (χ2n) is 21.7. The Labute approximate surface area is 442 Å². The zero-order chi connectivity index (χ0) is 51.6. The third kappa shape index (κ3) is 52.9. The number of hydrogen-bond donors (Lipinski definition) is 5. The predicted octanol–water partition coefficient (Wildman–Crippen LogP) is 18.9. The van der Waals surface area contributed by atoms with Gasteiger partial charge in [0.2, 0.25) is 5.91 Å². The third-order valence-corrected chi connectivity index (χ3v) is 14.7. The van der Waals surface area contributed by atoms with E-state index < -0.39 is 36.9 Å². The van der Waals surface area contributed by atoms with E-state index in [0.717, 1.165) is 51.4 Å². The standard InChI is InChI=1S/C65H123NO5/c1-3-5-7-9-11-13-15-17-19-21-23-25-27-28-29-30-31-32-33-34-35-37-39-41-43-45-47-49-51-53-55-57-59-63(69)65(71)66-61(60-67)64(70)62(68)58-56-54-52-50-48-46-44-42-40-38-36-26-24-22-20-18-16-14-12-10-8-6-4-2/h26,28-29,36,42,44,50,52,61-64,67-70H,3-25,27,30-35,37-41,43,45-49,51,53-60H2,1-2H3,(H,66,71)/b29-28-,36-26+,44-42+,52-50+. The fourth-order valence-electron chi connectivity index (χ4n) is 9.79. The molecule has 0 saturated carbocycles. The van der Waals surface area contributed by atoms with Crippen LogP contribution in [0.15, 0.2) is 48.6 Å². The Morgan fingerprint density at radius 2 is 0.592 bits per heavy atom. The quantitative estimate of drug-likeness (QED) is 0.0308. The molecule has 0 aromatic carbocycles. The first-order chi connectivity index (χ1) is 35.0. The van der Waals surface area contributed by atoms with Crippen LogP contribution < -0.4 is 5.32 Å². The summed E-state index contributed by atoms with van der Waals surface area (Å²) in [6, 6.07) is -1.01. The highest BCUT2D eigenvalue weighted by molar-refractivity contribution is 5.80. The van der Waals surface area contributed by atoms with Crippen molar-refractivity contribution in [3.05, 3.63) is 48.6 Å². The van der Waals surface area contributed by atoms with Crippen LogP contribution in [0.1, 0.15) is 328 Å². The summed E-state index contributed by atoms with van der Waals surface area (Å²) in [5.74, 6) is -0.596. The fraction of sp³-hybridized carbons (Fsp3) is 0.862. The lowest BCUT2D eigenvalue weighted by Gasteiger charge is -2.27. The normalized spacial score (nSPS) is 13.9. The van der Waals surface area contributed by atoms with Crippen molar-refractivity contribution in [2.24, 2.45) is 0 Å². The van der Waals surface area contributed by atoms with Gasteiger partial charge in [-0.05, 0) is 89.9 Å². The molecule has 4 atom stereocenters. The number of aliphatic hydroxyl groups is 4. The van der Waals surface area contributed by atoms with E-state index in [-0.39, 0.29) is 0 Å². The van der Waals surface area contributed by atoms with Crippen molar-refractivity contribution in [1.29, 1.82) is 0 Å². The Kier molecular flexibility index (Phi) is 57.7. The molecule has 0 aliphatic rings. The summed E-state index contributed by atoms with van der Waals surface area (Å²) in [6.45, 7) is 4.07. The molecule has 71 heavy (non-hydrogen) atoms. The molecule has 0 radical (unpaired) electrons. The lowest BCUT2D eigenvalue weighted by Crippen LogP contribution is -2.53. The van der Waals surface area contributed by atoms with Crippen molar-refractivity contribution in [1.82, 2.24) is 5.32 Å². The molecular weight excluding hydrogens is 875 g/mol. The van der Waals surface area contributed by atoms with E-state index in [9.17, 15) is 25.2 Å². The third-order valence-electron chi connectivity index (χ3n) is 14.7. The van der Waals surface area contributed by atoms with E-state index in [1.54, 1.807) is 0 Å². The molecule has 418 valence electrons. The van der Waals surface area contributed by atoms with Gasteiger partial charge in [0.1, 0.15) is 12.2 Å². The molecule has 0 fully saturated rings. The van der Waals surface area contributed by atoms with Crippen molar-refractivity contribution in [2.75, 3.05) is 6.61 Å². The molecule has 0 heterocycles. The van der Waals surface area contributed by atoms with Crippen LogP contribution in [-0.4, -0.2) is 57.3 Å². The van der Waals surface area contributed by atoms with Crippen LogP contribution in [0.4, 0.5) is 0 Å². The molecule has 5 N–H and O–H groups in total. The highest BCUT2D eigenvalue weighted by Crippen LogP contribution is 2.18. The molecule has 0 spiro atoms. The van der Waals surface area contributed by atoms with E-state index in [1.165, 1.54) is 244 Å². The Bertz CT molecular complexity index is 1170. The molecule has 0 bridgehead atoms. The van der Waals surface area contributed by atoms with Crippen LogP contribution in [-0.2, 0) is 4.79 Å². The SMILES string of the molecule is CCCCCCCCCCCC/C=C/CC/C=C/CC/C=C/CCCC(O)C(O)C(CO)NC(=O)C(O)CCCCCCCCCCCCCCCCCC/C=C\CCCCCCCCCCCCCC. The van der Waals surface area contributed by atoms with Crippen molar-refractivity contribution in [2.45, 2.75) is 353 Å². The van der Waals surface area contributed by atoms with Gasteiger partial charge in [0, 0.05) is 0 Å². The van der Waals surface area contributed by atoms with E-state index in [0.29, 0.717) is 19.3 Å². The monoisotopic (exact) mass is 998 g/mol. The molecular formula is C65H123NO5. The minimum Gasteiger partial charge on any atom is -0.394 e. The van der Waals surface area contributed by atoms with Gasteiger partial charge in [-0.1, -0.05) is 287 Å². The topological polar surface area (TPSA) is 110 Å². The van der Waals surface area contributed by atoms with Gasteiger partial charge < -0.3 is 25.7 Å². The van der Waals surface area contributed by atoms with Crippen LogP contribution in [0, 0.1) is 0 Å². The number of rotatable bonds is 58. The number of hydrogen-bond acceptors (Lipinski definition) is 5. The molecule has 0 rings (SSSR count). The van der Waals surface area contributed by atoms with Gasteiger partial charge in [0.25, 0.3) is 0 Å². The number of aliphatic hydroxyl groups excluding tert-OH is 4. The van der Waals surface area contributed by atoms with Crippen molar-refractivity contribution in [3.8, 4) is 0 Å². The highest BCUT2D eigenvalue weighted by Gasteiger charge is 2.28. The summed E-state index contributed by atoms with van der Waals surface area (Å²) >= 11 is 0. The summed E-state index contributed by atoms with van der Waals surface area (Å²) in [5.41, 5.74) is 0. The summed E-state index contributed by atoms with van der Waals surface area (Å²) in [5, 5.41) is 44.0. The smallest absolute Gasteiger partial charge is 0.249 e. The first kappa shape index (κ1) is 69.3. The molecule has 6 heteroatoms. The van der Waals surface area contributed by atoms with Gasteiger partial charge in [0.05, 0.1) is 18.8 Å². The second kappa shape index (κ2) is 59.2. The Morgan fingerprint density at radius 3 is 0.887 bits per heavy atom. The van der Waals surface area contributed by atoms with E-state index in [4.69, 9.17) is 0 Å². The zero-order valence-corrected chi connectivity index (χ0v) is 47.5. The average Bonchev–Trinajstić information content (AvgIpc) is 3.38. The van der Waals surface area contributed by atoms with E-state index >= 15 is 0 Å². The Hall–Kier alpha value is -1.73. The van der Waals surface area contributed by atoms with Crippen molar-refractivity contribution < 1.29 is 25.2 Å². The maximum absolute atomic E-state index is 12.6. The van der Waals surface area contributed by atoms with Gasteiger partial charge >= 0.3 is 0 Å². The number of nitrogens with one attached hydrogen (secondary N) is 1. The number of carbonyl (C=O) groups is 1. The molecule has 0 saturated heterocycles. The summed E-state index contributed by atoms with van der Waals surface area (Å²) in [7, 11) is 0. The lowest BCUT2D eigenvalue weighted by molar-refractivity contribution is -0.132. The fourth-order valence-corrected chi connectivity index (χ4v) is 9.79. The van der Waals surface area contributed by atoms with Crippen LogP contribution >= 0.6 is 0 Å². The average molecular weight is 999 g/mol. The molecule has 0 aliphatic heterocycles. The van der Waals surface area contributed by atoms with E-state index in [1.807, 2.05) is 0 Å². The first-order valence-electron chi connectivity index (χ1n) is 31.5. The molecule has 0 aliphatic carbocycles. The van der Waals surface area contributed by atoms with Crippen LogP contribution in [0.2, 0.25) is 0 Å². The predicted molar refractivity (Wildman–Crippen MR) is 311 cm³/mol. The number of unbranched alkanes of at least 4 members (excludes halogenated alkanes) is 41. The zero-order valence-electron chi connectivity index (χ0n) is 47.5. The minimum atomic E-state index is -1.30. The van der Waals surface area contributed by atoms with Gasteiger partial charge in [0.15, 0.2) is 0 Å². The Balaban J connectivity index is 3.63. The largest absolute Gasteiger partial charge is 0.394 e. The van der Waals surface area contributed by atoms with Gasteiger partial charge in [-0.3, -0.25) is 4.79 Å². The van der Waals surface area contributed by atoms with Gasteiger partial charge in [-0.2, -0.15) is 0 Å². The van der Waals surface area contributed by atoms with Crippen molar-refractivity contribution >= 4 is 5.91 Å². The van der Waals surface area contributed by atoms with Crippen molar-refractivity contribution in [3.63, 3.8) is 0 Å². The maximum Gasteiger partial charge on any atom is 0.249 e. The molecule has 4 unspecified atom stereocenters. The van der Waals surface area contributed by atoms with Gasteiger partial charge in [-0.25, -0.2) is 0 Å². The Morgan fingerprint density at radius 1 is 0.338 bits per heavy atom. The molecule has 1 amide bonds.